The maximum Gasteiger partial charge on any atom is 0.255 e. The Bertz CT molecular complexity index is 1220. The highest BCUT2D eigenvalue weighted by Gasteiger charge is 2.37. The summed E-state index contributed by atoms with van der Waals surface area (Å²) in [6.07, 6.45) is 3.29. The van der Waals surface area contributed by atoms with Crippen molar-refractivity contribution in [1.82, 2.24) is 20.4 Å². The first-order valence-corrected chi connectivity index (χ1v) is 14.4. The van der Waals surface area contributed by atoms with Gasteiger partial charge in [0.15, 0.2) is 0 Å². The van der Waals surface area contributed by atoms with Crippen molar-refractivity contribution in [2.24, 2.45) is 11.6 Å². The first-order chi connectivity index (χ1) is 20.0. The number of carbonyl (C=O) groups is 1. The number of ether oxygens (including phenoxy) is 1. The van der Waals surface area contributed by atoms with Gasteiger partial charge in [0.25, 0.3) is 5.91 Å². The molecule has 10 heteroatoms. The monoisotopic (exact) mass is 578 g/mol. The number of rotatable bonds is 16. The Balaban J connectivity index is 1.72. The molecule has 1 amide bonds. The van der Waals surface area contributed by atoms with Gasteiger partial charge in [0.05, 0.1) is 24.0 Å². The number of benzene rings is 2. The number of hydrogen-bond acceptors (Lipinski definition) is 9. The van der Waals surface area contributed by atoms with Gasteiger partial charge in [-0.25, -0.2) is 10.0 Å². The van der Waals surface area contributed by atoms with E-state index in [2.05, 4.69) is 17.3 Å². The lowest BCUT2D eigenvalue weighted by molar-refractivity contribution is -0.140. The van der Waals surface area contributed by atoms with Crippen molar-refractivity contribution in [3.63, 3.8) is 0 Å². The molecule has 2 aromatic carbocycles. The van der Waals surface area contributed by atoms with Crippen LogP contribution in [-0.4, -0.2) is 75.1 Å². The summed E-state index contributed by atoms with van der Waals surface area (Å²) < 4.78 is 5.73. The smallest absolute Gasteiger partial charge is 0.255 e. The molecule has 0 radical (unpaired) electrons. The second-order valence-electron chi connectivity index (χ2n) is 11.3. The summed E-state index contributed by atoms with van der Waals surface area (Å²) in [7, 11) is 1.52. The summed E-state index contributed by atoms with van der Waals surface area (Å²) in [5, 5.41) is 24.5. The molecule has 0 bridgehead atoms. The van der Waals surface area contributed by atoms with Crippen molar-refractivity contribution in [2.75, 3.05) is 20.2 Å². The summed E-state index contributed by atoms with van der Waals surface area (Å²) in [6, 6.07) is 19.6. The van der Waals surface area contributed by atoms with Crippen LogP contribution in [0.15, 0.2) is 72.9 Å². The number of nitrogens with zero attached hydrogens (tertiary/aromatic N) is 3. The van der Waals surface area contributed by atoms with Gasteiger partial charge < -0.3 is 20.7 Å². The van der Waals surface area contributed by atoms with Crippen LogP contribution in [0, 0.1) is 0 Å². The molecule has 0 aliphatic rings. The van der Waals surface area contributed by atoms with Crippen LogP contribution in [0.4, 0.5) is 0 Å². The average molecular weight is 579 g/mol. The third kappa shape index (κ3) is 10.2. The fourth-order valence-corrected chi connectivity index (χ4v) is 4.73. The van der Waals surface area contributed by atoms with E-state index in [0.29, 0.717) is 13.0 Å². The molecule has 0 saturated heterocycles. The quantitative estimate of drug-likeness (QED) is 0.0982. The SMILES string of the molecule is CCCCOc1ccc(CC(N)C(O)CN(Cc2ccc(-c3ccccn3)cc2)NC(=O)C(N(C)N)C(C)(C)O)cc1. The van der Waals surface area contributed by atoms with E-state index in [0.717, 1.165) is 41.0 Å². The van der Waals surface area contributed by atoms with Crippen LogP contribution in [0.1, 0.15) is 44.7 Å². The number of unbranched alkanes of at least 4 members (excludes halogenated alkanes) is 1. The number of pyridine rings is 1. The molecule has 10 nitrogen and oxygen atoms in total. The van der Waals surface area contributed by atoms with Crippen molar-refractivity contribution < 1.29 is 19.7 Å². The van der Waals surface area contributed by atoms with Crippen LogP contribution in [0.25, 0.3) is 11.3 Å². The second-order valence-corrected chi connectivity index (χ2v) is 11.3. The van der Waals surface area contributed by atoms with Crippen molar-refractivity contribution in [3.05, 3.63) is 84.1 Å². The molecular weight excluding hydrogens is 532 g/mol. The largest absolute Gasteiger partial charge is 0.494 e. The zero-order valence-corrected chi connectivity index (χ0v) is 25.1. The van der Waals surface area contributed by atoms with Crippen molar-refractivity contribution in [3.8, 4) is 17.0 Å². The summed E-state index contributed by atoms with van der Waals surface area (Å²) >= 11 is 0. The molecule has 3 unspecified atom stereocenters. The van der Waals surface area contributed by atoms with Gasteiger partial charge in [0.1, 0.15) is 11.8 Å². The van der Waals surface area contributed by atoms with Crippen LogP contribution in [0.5, 0.6) is 5.75 Å². The zero-order valence-electron chi connectivity index (χ0n) is 25.1. The number of likely N-dealkylation sites (N-methyl/N-ethyl adjacent to an activating group) is 1. The van der Waals surface area contributed by atoms with Gasteiger partial charge in [0.2, 0.25) is 0 Å². The first kappa shape index (κ1) is 33.1. The van der Waals surface area contributed by atoms with Gasteiger partial charge in [-0.1, -0.05) is 55.8 Å². The van der Waals surface area contributed by atoms with E-state index in [1.807, 2.05) is 66.7 Å². The highest BCUT2D eigenvalue weighted by molar-refractivity contribution is 5.82. The van der Waals surface area contributed by atoms with E-state index in [9.17, 15) is 15.0 Å². The third-order valence-electron chi connectivity index (χ3n) is 6.94. The van der Waals surface area contributed by atoms with Gasteiger partial charge in [-0.15, -0.1) is 0 Å². The molecule has 0 saturated carbocycles. The maximum atomic E-state index is 13.3. The topological polar surface area (TPSA) is 150 Å². The molecule has 0 fully saturated rings. The number of aromatic nitrogens is 1. The van der Waals surface area contributed by atoms with E-state index >= 15 is 0 Å². The van der Waals surface area contributed by atoms with Crippen molar-refractivity contribution in [1.29, 1.82) is 0 Å². The molecule has 1 aromatic heterocycles. The Morgan fingerprint density at radius 1 is 1.07 bits per heavy atom. The average Bonchev–Trinajstić information content (AvgIpc) is 2.94. The molecule has 3 atom stereocenters. The lowest BCUT2D eigenvalue weighted by atomic mass is 9.98. The third-order valence-corrected chi connectivity index (χ3v) is 6.94. The van der Waals surface area contributed by atoms with Crippen LogP contribution in [-0.2, 0) is 17.8 Å². The molecule has 3 rings (SSSR count). The van der Waals surface area contributed by atoms with Crippen molar-refractivity contribution >= 4 is 5.91 Å². The number of aliphatic hydroxyl groups excluding tert-OH is 1. The fourth-order valence-electron chi connectivity index (χ4n) is 4.73. The molecule has 7 N–H and O–H groups in total. The van der Waals surface area contributed by atoms with Gasteiger partial charge in [-0.2, -0.15) is 0 Å². The van der Waals surface area contributed by atoms with Crippen LogP contribution in [0.2, 0.25) is 0 Å². The maximum absolute atomic E-state index is 13.3. The summed E-state index contributed by atoms with van der Waals surface area (Å²) in [5.74, 6) is 6.21. The number of nitrogens with one attached hydrogen (secondary N) is 1. The molecule has 42 heavy (non-hydrogen) atoms. The standard InChI is InChI=1S/C32H46N6O4/c1-5-6-19-42-26-16-12-23(13-17-26)20-27(33)29(39)22-38(36-31(40)30(37(4)34)32(2,3)41)21-24-10-14-25(15-11-24)28-9-7-8-18-35-28/h7-18,27,29-30,39,41H,5-6,19-22,33-34H2,1-4H3,(H,36,40). The Kier molecular flexibility index (Phi) is 12.4. The Hall–Kier alpha value is -3.38. The first-order valence-electron chi connectivity index (χ1n) is 14.4. The molecule has 0 spiro atoms. The summed E-state index contributed by atoms with van der Waals surface area (Å²) in [5.41, 5.74) is 11.5. The van der Waals surface area contributed by atoms with Gasteiger partial charge in [0, 0.05) is 37.9 Å². The highest BCUT2D eigenvalue weighted by atomic mass is 16.5. The van der Waals surface area contributed by atoms with Gasteiger partial charge in [-0.3, -0.25) is 21.0 Å². The van der Waals surface area contributed by atoms with E-state index < -0.39 is 29.7 Å². The molecular formula is C32H46N6O4. The van der Waals surface area contributed by atoms with Gasteiger partial charge >= 0.3 is 0 Å². The fraction of sp³-hybridized carbons (Fsp3) is 0.438. The summed E-state index contributed by atoms with van der Waals surface area (Å²) in [4.78, 5) is 17.7. The van der Waals surface area contributed by atoms with Crippen LogP contribution >= 0.6 is 0 Å². The minimum Gasteiger partial charge on any atom is -0.494 e. The number of hydrazine groups is 2. The zero-order chi connectivity index (χ0) is 30.7. The second kappa shape index (κ2) is 15.7. The number of nitrogens with two attached hydrogens (primary N) is 2. The highest BCUT2D eigenvalue weighted by Crippen LogP contribution is 2.19. The van der Waals surface area contributed by atoms with Crippen LogP contribution in [0.3, 0.4) is 0 Å². The lowest BCUT2D eigenvalue weighted by Gasteiger charge is -2.35. The Morgan fingerprint density at radius 3 is 2.31 bits per heavy atom. The predicted octanol–water partition coefficient (Wildman–Crippen LogP) is 2.64. The summed E-state index contributed by atoms with van der Waals surface area (Å²) in [6.45, 7) is 6.18. The minimum atomic E-state index is -1.41. The van der Waals surface area contributed by atoms with Crippen LogP contribution < -0.4 is 21.7 Å². The predicted molar refractivity (Wildman–Crippen MR) is 165 cm³/mol. The molecule has 1 heterocycles. The number of aliphatic hydroxyl groups is 2. The van der Waals surface area contributed by atoms with E-state index in [-0.39, 0.29) is 13.1 Å². The molecule has 0 aliphatic carbocycles. The molecule has 228 valence electrons. The minimum absolute atomic E-state index is 0.0555. The van der Waals surface area contributed by atoms with Gasteiger partial charge in [-0.05, 0) is 62.1 Å². The number of amides is 1. The number of hydrogen-bond donors (Lipinski definition) is 5. The van der Waals surface area contributed by atoms with E-state index in [4.69, 9.17) is 16.3 Å². The van der Waals surface area contributed by atoms with E-state index in [1.165, 1.54) is 25.9 Å². The lowest BCUT2D eigenvalue weighted by Crippen LogP contribution is -2.62. The number of carbonyl (C=O) groups excluding carboxylic acids is 1. The molecule has 3 aromatic rings. The normalized spacial score (nSPS) is 14.0. The Labute approximate surface area is 249 Å². The van der Waals surface area contributed by atoms with E-state index in [1.54, 1.807) is 11.2 Å². The Morgan fingerprint density at radius 2 is 1.74 bits per heavy atom. The molecule has 0 aliphatic heterocycles. The van der Waals surface area contributed by atoms with Crippen molar-refractivity contribution in [2.45, 2.75) is 70.4 Å².